The maximum absolute atomic E-state index is 12.3. The first-order valence-corrected chi connectivity index (χ1v) is 8.39. The molecule has 0 radical (unpaired) electrons. The van der Waals surface area contributed by atoms with Gasteiger partial charge in [-0.15, -0.1) is 0 Å². The van der Waals surface area contributed by atoms with Crippen LogP contribution in [0.2, 0.25) is 0 Å². The van der Waals surface area contributed by atoms with Gasteiger partial charge in [0.05, 0.1) is 30.9 Å². The Morgan fingerprint density at radius 1 is 0.960 bits per heavy atom. The van der Waals surface area contributed by atoms with E-state index in [1.165, 1.54) is 0 Å². The maximum Gasteiger partial charge on any atom is 0.340 e. The van der Waals surface area contributed by atoms with Gasteiger partial charge in [-0.25, -0.2) is 4.79 Å². The second-order valence-electron chi connectivity index (χ2n) is 5.34. The average Bonchev–Trinajstić information content (AvgIpc) is 2.63. The summed E-state index contributed by atoms with van der Waals surface area (Å²) < 4.78 is 10.3. The molecule has 25 heavy (non-hydrogen) atoms. The van der Waals surface area contributed by atoms with Crippen molar-refractivity contribution in [1.29, 1.82) is 0 Å². The number of esters is 1. The Labute approximate surface area is 148 Å². The van der Waals surface area contributed by atoms with Gasteiger partial charge in [0.2, 0.25) is 5.91 Å². The van der Waals surface area contributed by atoms with Crippen molar-refractivity contribution >= 4 is 17.6 Å². The zero-order valence-electron chi connectivity index (χ0n) is 14.6. The van der Waals surface area contributed by atoms with Gasteiger partial charge in [0, 0.05) is 6.61 Å². The number of anilines is 1. The van der Waals surface area contributed by atoms with Crippen LogP contribution in [0.4, 0.5) is 5.69 Å². The van der Waals surface area contributed by atoms with Gasteiger partial charge in [-0.1, -0.05) is 36.4 Å². The first-order chi connectivity index (χ1) is 12.2. The molecule has 0 atom stereocenters. The molecule has 1 N–H and O–H groups in total. The van der Waals surface area contributed by atoms with E-state index in [-0.39, 0.29) is 18.9 Å². The molecule has 132 valence electrons. The number of nitrogens with one attached hydrogen (secondary N) is 1. The van der Waals surface area contributed by atoms with Gasteiger partial charge in [-0.05, 0) is 37.1 Å². The molecule has 0 bridgehead atoms. The highest BCUT2D eigenvalue weighted by atomic mass is 16.5. The summed E-state index contributed by atoms with van der Waals surface area (Å²) in [4.78, 5) is 24.3. The van der Waals surface area contributed by atoms with Gasteiger partial charge >= 0.3 is 5.97 Å². The Balaban J connectivity index is 2.26. The molecule has 0 spiro atoms. The van der Waals surface area contributed by atoms with Crippen molar-refractivity contribution < 1.29 is 19.1 Å². The SMILES string of the molecule is CCOCCC(=O)Nc1ccc(-c2ccccc2)cc1C(=O)OCC. The van der Waals surface area contributed by atoms with E-state index in [4.69, 9.17) is 9.47 Å². The lowest BCUT2D eigenvalue weighted by molar-refractivity contribution is -0.117. The first-order valence-electron chi connectivity index (χ1n) is 8.39. The summed E-state index contributed by atoms with van der Waals surface area (Å²) in [5.74, 6) is -0.660. The van der Waals surface area contributed by atoms with Gasteiger partial charge < -0.3 is 14.8 Å². The van der Waals surface area contributed by atoms with Crippen molar-refractivity contribution in [2.45, 2.75) is 20.3 Å². The van der Waals surface area contributed by atoms with E-state index < -0.39 is 5.97 Å². The van der Waals surface area contributed by atoms with Crippen molar-refractivity contribution in [1.82, 2.24) is 0 Å². The highest BCUT2D eigenvalue weighted by Crippen LogP contribution is 2.26. The second kappa shape index (κ2) is 9.59. The minimum atomic E-state index is -0.458. The highest BCUT2D eigenvalue weighted by Gasteiger charge is 2.16. The lowest BCUT2D eigenvalue weighted by Crippen LogP contribution is -2.17. The smallest absolute Gasteiger partial charge is 0.340 e. The molecule has 1 amide bonds. The number of hydrogen-bond donors (Lipinski definition) is 1. The molecule has 2 rings (SSSR count). The number of hydrogen-bond acceptors (Lipinski definition) is 4. The second-order valence-corrected chi connectivity index (χ2v) is 5.34. The van der Waals surface area contributed by atoms with E-state index in [2.05, 4.69) is 5.32 Å². The van der Waals surface area contributed by atoms with Gasteiger partial charge in [0.1, 0.15) is 0 Å². The van der Waals surface area contributed by atoms with Crippen LogP contribution < -0.4 is 5.32 Å². The first kappa shape index (κ1) is 18.7. The molecular formula is C20H23NO4. The zero-order valence-corrected chi connectivity index (χ0v) is 14.6. The summed E-state index contributed by atoms with van der Waals surface area (Å²) in [6.45, 7) is 4.80. The molecule has 5 nitrogen and oxygen atoms in total. The van der Waals surface area contributed by atoms with Crippen LogP contribution in [0.1, 0.15) is 30.6 Å². The van der Waals surface area contributed by atoms with Crippen LogP contribution >= 0.6 is 0 Å². The van der Waals surface area contributed by atoms with Crippen molar-refractivity contribution in [3.05, 3.63) is 54.1 Å². The molecule has 0 saturated heterocycles. The Morgan fingerprint density at radius 3 is 2.40 bits per heavy atom. The highest BCUT2D eigenvalue weighted by molar-refractivity contribution is 6.02. The van der Waals surface area contributed by atoms with Crippen molar-refractivity contribution in [2.24, 2.45) is 0 Å². The summed E-state index contributed by atoms with van der Waals surface area (Å²) in [5, 5.41) is 2.77. The Bertz CT molecular complexity index is 713. The molecule has 0 aromatic heterocycles. The van der Waals surface area contributed by atoms with Crippen molar-refractivity contribution in [3.63, 3.8) is 0 Å². The zero-order chi connectivity index (χ0) is 18.1. The lowest BCUT2D eigenvalue weighted by Gasteiger charge is -2.13. The quantitative estimate of drug-likeness (QED) is 0.584. The Kier molecular flexibility index (Phi) is 7.16. The molecule has 0 saturated carbocycles. The van der Waals surface area contributed by atoms with Gasteiger partial charge in [0.15, 0.2) is 0 Å². The van der Waals surface area contributed by atoms with Crippen LogP contribution in [0.5, 0.6) is 0 Å². The van der Waals surface area contributed by atoms with Gasteiger partial charge in [0.25, 0.3) is 0 Å². The third-order valence-electron chi connectivity index (χ3n) is 3.57. The molecule has 0 aliphatic rings. The lowest BCUT2D eigenvalue weighted by atomic mass is 10.0. The van der Waals surface area contributed by atoms with E-state index in [1.54, 1.807) is 19.1 Å². The van der Waals surface area contributed by atoms with E-state index >= 15 is 0 Å². The van der Waals surface area contributed by atoms with Gasteiger partial charge in [-0.2, -0.15) is 0 Å². The molecule has 0 heterocycles. The van der Waals surface area contributed by atoms with Crippen LogP contribution in [-0.2, 0) is 14.3 Å². The fourth-order valence-electron chi connectivity index (χ4n) is 2.36. The predicted molar refractivity (Wildman–Crippen MR) is 97.6 cm³/mol. The Hall–Kier alpha value is -2.66. The van der Waals surface area contributed by atoms with Crippen LogP contribution in [-0.4, -0.2) is 31.7 Å². The summed E-state index contributed by atoms with van der Waals surface area (Å²) >= 11 is 0. The third kappa shape index (κ3) is 5.43. The van der Waals surface area contributed by atoms with E-state index in [0.29, 0.717) is 24.5 Å². The average molecular weight is 341 g/mol. The van der Waals surface area contributed by atoms with Crippen LogP contribution in [0, 0.1) is 0 Å². The predicted octanol–water partition coefficient (Wildman–Crippen LogP) is 3.90. The van der Waals surface area contributed by atoms with Crippen molar-refractivity contribution in [3.8, 4) is 11.1 Å². The topological polar surface area (TPSA) is 64.6 Å². The minimum absolute atomic E-state index is 0.202. The van der Waals surface area contributed by atoms with E-state index in [1.807, 2.05) is 43.3 Å². The summed E-state index contributed by atoms with van der Waals surface area (Å²) in [6.07, 6.45) is 0.233. The number of benzene rings is 2. The standard InChI is InChI=1S/C20H23NO4/c1-3-24-13-12-19(22)21-18-11-10-16(15-8-6-5-7-9-15)14-17(18)20(23)25-4-2/h5-11,14H,3-4,12-13H2,1-2H3,(H,21,22). The number of carbonyl (C=O) groups is 2. The van der Waals surface area contributed by atoms with Gasteiger partial charge in [-0.3, -0.25) is 4.79 Å². The minimum Gasteiger partial charge on any atom is -0.462 e. The summed E-state index contributed by atoms with van der Waals surface area (Å²) in [6, 6.07) is 15.1. The summed E-state index contributed by atoms with van der Waals surface area (Å²) in [7, 11) is 0. The fourth-order valence-corrected chi connectivity index (χ4v) is 2.36. The van der Waals surface area contributed by atoms with Crippen LogP contribution in [0.25, 0.3) is 11.1 Å². The number of amides is 1. The fraction of sp³-hybridized carbons (Fsp3) is 0.300. The van der Waals surface area contributed by atoms with E-state index in [0.717, 1.165) is 11.1 Å². The molecule has 0 fully saturated rings. The van der Waals surface area contributed by atoms with Crippen LogP contribution in [0.15, 0.2) is 48.5 Å². The third-order valence-corrected chi connectivity index (χ3v) is 3.57. The molecule has 2 aromatic rings. The Morgan fingerprint density at radius 2 is 1.72 bits per heavy atom. The largest absolute Gasteiger partial charge is 0.462 e. The normalized spacial score (nSPS) is 10.3. The number of ether oxygens (including phenoxy) is 2. The molecular weight excluding hydrogens is 318 g/mol. The summed E-state index contributed by atoms with van der Waals surface area (Å²) in [5.41, 5.74) is 2.66. The van der Waals surface area contributed by atoms with Crippen molar-refractivity contribution in [2.75, 3.05) is 25.1 Å². The molecule has 5 heteroatoms. The van der Waals surface area contributed by atoms with Crippen LogP contribution in [0.3, 0.4) is 0 Å². The molecule has 0 aliphatic heterocycles. The number of rotatable bonds is 8. The number of carbonyl (C=O) groups excluding carboxylic acids is 2. The molecule has 0 unspecified atom stereocenters. The molecule has 0 aliphatic carbocycles. The maximum atomic E-state index is 12.3. The van der Waals surface area contributed by atoms with E-state index in [9.17, 15) is 9.59 Å². The molecule has 2 aromatic carbocycles. The monoisotopic (exact) mass is 341 g/mol.